The fourth-order valence-corrected chi connectivity index (χ4v) is 1.52. The highest BCUT2D eigenvalue weighted by atomic mass is 19.4. The van der Waals surface area contributed by atoms with Crippen molar-refractivity contribution in [2.45, 2.75) is 33.0 Å². The maximum atomic E-state index is 12.8. The second-order valence-electron chi connectivity index (χ2n) is 4.67. The molecular formula is C12H19F3N4O. The van der Waals surface area contributed by atoms with Gasteiger partial charge in [0.2, 0.25) is 5.95 Å². The topological polar surface area (TPSA) is 70.1 Å². The summed E-state index contributed by atoms with van der Waals surface area (Å²) in [5.41, 5.74) is -1.02. The maximum Gasteiger partial charge on any atom is 0.433 e. The van der Waals surface area contributed by atoms with Crippen molar-refractivity contribution < 1.29 is 18.3 Å². The smallest absolute Gasteiger partial charge is 0.394 e. The molecule has 1 heterocycles. The van der Waals surface area contributed by atoms with E-state index in [1.807, 2.05) is 13.8 Å². The van der Waals surface area contributed by atoms with Crippen molar-refractivity contribution in [1.82, 2.24) is 9.97 Å². The molecule has 5 nitrogen and oxygen atoms in total. The van der Waals surface area contributed by atoms with Gasteiger partial charge in [0, 0.05) is 12.6 Å². The molecular weight excluding hydrogens is 273 g/mol. The molecule has 1 atom stereocenters. The zero-order valence-electron chi connectivity index (χ0n) is 11.6. The summed E-state index contributed by atoms with van der Waals surface area (Å²) in [7, 11) is 0. The molecule has 0 spiro atoms. The molecule has 0 aliphatic carbocycles. The number of alkyl halides is 3. The van der Waals surface area contributed by atoms with Gasteiger partial charge in [0.1, 0.15) is 5.82 Å². The molecule has 1 rings (SSSR count). The molecule has 0 saturated heterocycles. The number of anilines is 2. The van der Waals surface area contributed by atoms with Crippen LogP contribution in [0.15, 0.2) is 6.07 Å². The van der Waals surface area contributed by atoms with E-state index in [4.69, 9.17) is 0 Å². The second-order valence-corrected chi connectivity index (χ2v) is 4.67. The Morgan fingerprint density at radius 2 is 1.95 bits per heavy atom. The molecule has 0 unspecified atom stereocenters. The van der Waals surface area contributed by atoms with Crippen LogP contribution in [0.3, 0.4) is 0 Å². The maximum absolute atomic E-state index is 12.8. The van der Waals surface area contributed by atoms with Crippen LogP contribution < -0.4 is 10.6 Å². The van der Waals surface area contributed by atoms with Crippen LogP contribution in [0.1, 0.15) is 26.5 Å². The molecule has 0 aliphatic rings. The number of halogens is 3. The molecule has 0 aliphatic heterocycles. The number of hydrogen-bond donors (Lipinski definition) is 3. The first-order chi connectivity index (χ1) is 9.27. The van der Waals surface area contributed by atoms with Gasteiger partial charge < -0.3 is 15.7 Å². The Morgan fingerprint density at radius 1 is 1.30 bits per heavy atom. The zero-order chi connectivity index (χ0) is 15.3. The fourth-order valence-electron chi connectivity index (χ4n) is 1.52. The molecule has 8 heteroatoms. The van der Waals surface area contributed by atoms with Gasteiger partial charge in [-0.3, -0.25) is 0 Å². The van der Waals surface area contributed by atoms with Gasteiger partial charge in [-0.25, -0.2) is 4.98 Å². The third kappa shape index (κ3) is 4.52. The van der Waals surface area contributed by atoms with Gasteiger partial charge in [0.25, 0.3) is 0 Å². The van der Waals surface area contributed by atoms with Crippen LogP contribution in [0.2, 0.25) is 0 Å². The molecule has 3 N–H and O–H groups in total. The van der Waals surface area contributed by atoms with E-state index in [0.29, 0.717) is 6.54 Å². The Morgan fingerprint density at radius 3 is 2.40 bits per heavy atom. The Labute approximate surface area is 115 Å². The summed E-state index contributed by atoms with van der Waals surface area (Å²) in [6.45, 7) is 5.67. The summed E-state index contributed by atoms with van der Waals surface area (Å²) in [5, 5.41) is 14.7. The summed E-state index contributed by atoms with van der Waals surface area (Å²) in [6.07, 6.45) is -4.55. The zero-order valence-corrected chi connectivity index (χ0v) is 11.6. The van der Waals surface area contributed by atoms with E-state index in [2.05, 4.69) is 20.6 Å². The monoisotopic (exact) mass is 292 g/mol. The lowest BCUT2D eigenvalue weighted by Gasteiger charge is -2.20. The van der Waals surface area contributed by atoms with E-state index in [1.54, 1.807) is 6.92 Å². The highest BCUT2D eigenvalue weighted by Gasteiger charge is 2.34. The number of nitrogens with zero attached hydrogens (tertiary/aromatic N) is 2. The molecule has 0 radical (unpaired) electrons. The third-order valence-electron chi connectivity index (χ3n) is 2.69. The lowest BCUT2D eigenvalue weighted by molar-refractivity contribution is -0.141. The van der Waals surface area contributed by atoms with Gasteiger partial charge in [-0.15, -0.1) is 0 Å². The van der Waals surface area contributed by atoms with Crippen LogP contribution >= 0.6 is 0 Å². The highest BCUT2D eigenvalue weighted by Crippen LogP contribution is 2.29. The first-order valence-electron chi connectivity index (χ1n) is 6.35. The number of rotatable bonds is 6. The van der Waals surface area contributed by atoms with Gasteiger partial charge >= 0.3 is 6.18 Å². The van der Waals surface area contributed by atoms with Gasteiger partial charge in [-0.2, -0.15) is 18.2 Å². The van der Waals surface area contributed by atoms with Gasteiger partial charge in [0.15, 0.2) is 5.69 Å². The first-order valence-corrected chi connectivity index (χ1v) is 6.35. The Balaban J connectivity index is 3.08. The minimum atomic E-state index is -4.55. The SMILES string of the molecule is CCNc1cc(C(F)(F)F)nc(N[C@@H](CO)C(C)C)n1. The summed E-state index contributed by atoms with van der Waals surface area (Å²) in [4.78, 5) is 7.42. The molecule has 0 fully saturated rings. The van der Waals surface area contributed by atoms with Crippen LogP contribution in [0.4, 0.5) is 24.9 Å². The van der Waals surface area contributed by atoms with E-state index in [0.717, 1.165) is 6.07 Å². The lowest BCUT2D eigenvalue weighted by atomic mass is 10.1. The number of aromatic nitrogens is 2. The highest BCUT2D eigenvalue weighted by molar-refractivity contribution is 5.43. The molecule has 0 amide bonds. The van der Waals surface area contributed by atoms with Crippen molar-refractivity contribution in [1.29, 1.82) is 0 Å². The number of aliphatic hydroxyl groups excluding tert-OH is 1. The number of aliphatic hydroxyl groups is 1. The van der Waals surface area contributed by atoms with Crippen LogP contribution in [0.25, 0.3) is 0 Å². The van der Waals surface area contributed by atoms with Crippen molar-refractivity contribution in [2.75, 3.05) is 23.8 Å². The standard InChI is InChI=1S/C12H19F3N4O/c1-4-16-10-5-9(12(13,14)15)18-11(19-10)17-8(6-20)7(2)3/h5,7-8,20H,4,6H2,1-3H3,(H2,16,17,18,19)/t8-/m0/s1. The van der Waals surface area contributed by atoms with Crippen molar-refractivity contribution in [3.63, 3.8) is 0 Å². The minimum absolute atomic E-state index is 0.0285. The van der Waals surface area contributed by atoms with E-state index >= 15 is 0 Å². The summed E-state index contributed by atoms with van der Waals surface area (Å²) >= 11 is 0. The molecule has 20 heavy (non-hydrogen) atoms. The summed E-state index contributed by atoms with van der Waals surface area (Å²) in [5.74, 6) is -0.0259. The predicted octanol–water partition coefficient (Wildman–Crippen LogP) is 2.36. The van der Waals surface area contributed by atoms with E-state index in [9.17, 15) is 18.3 Å². The van der Waals surface area contributed by atoms with Gasteiger partial charge in [0.05, 0.1) is 12.6 Å². The number of nitrogens with one attached hydrogen (secondary N) is 2. The van der Waals surface area contributed by atoms with Gasteiger partial charge in [-0.1, -0.05) is 13.8 Å². The quantitative estimate of drug-likeness (QED) is 0.751. The first kappa shape index (κ1) is 16.5. The van der Waals surface area contributed by atoms with Crippen molar-refractivity contribution in [2.24, 2.45) is 5.92 Å². The van der Waals surface area contributed by atoms with Crippen molar-refractivity contribution in [3.05, 3.63) is 11.8 Å². The largest absolute Gasteiger partial charge is 0.433 e. The van der Waals surface area contributed by atoms with Crippen molar-refractivity contribution in [3.8, 4) is 0 Å². The molecule has 114 valence electrons. The fraction of sp³-hybridized carbons (Fsp3) is 0.667. The van der Waals surface area contributed by atoms with E-state index in [-0.39, 0.29) is 24.3 Å². The molecule has 0 bridgehead atoms. The normalized spacial score (nSPS) is 13.4. The summed E-state index contributed by atoms with van der Waals surface area (Å²) < 4.78 is 38.3. The van der Waals surface area contributed by atoms with E-state index in [1.165, 1.54) is 0 Å². The lowest BCUT2D eigenvalue weighted by Crippen LogP contribution is -2.30. The molecule has 0 saturated carbocycles. The van der Waals surface area contributed by atoms with Crippen LogP contribution in [0.5, 0.6) is 0 Å². The third-order valence-corrected chi connectivity index (χ3v) is 2.69. The van der Waals surface area contributed by atoms with Crippen LogP contribution in [-0.2, 0) is 6.18 Å². The van der Waals surface area contributed by atoms with Crippen LogP contribution in [0, 0.1) is 5.92 Å². The molecule has 1 aromatic rings. The van der Waals surface area contributed by atoms with Gasteiger partial charge in [-0.05, 0) is 12.8 Å². The predicted molar refractivity (Wildman–Crippen MR) is 70.5 cm³/mol. The Hall–Kier alpha value is -1.57. The average Bonchev–Trinajstić information content (AvgIpc) is 2.34. The van der Waals surface area contributed by atoms with Crippen molar-refractivity contribution >= 4 is 11.8 Å². The summed E-state index contributed by atoms with van der Waals surface area (Å²) in [6, 6.07) is 0.450. The second kappa shape index (κ2) is 6.74. The Kier molecular flexibility index (Phi) is 5.55. The molecule has 0 aromatic carbocycles. The minimum Gasteiger partial charge on any atom is -0.394 e. The van der Waals surface area contributed by atoms with Crippen LogP contribution in [-0.4, -0.2) is 34.3 Å². The molecule has 1 aromatic heterocycles. The average molecular weight is 292 g/mol. The van der Waals surface area contributed by atoms with E-state index < -0.39 is 17.9 Å². The Bertz CT molecular complexity index is 437. The number of hydrogen-bond acceptors (Lipinski definition) is 5.